The van der Waals surface area contributed by atoms with Crippen molar-refractivity contribution in [3.8, 4) is 39.6 Å². The molecular formula is C63H59F2N4OPt-3. The van der Waals surface area contributed by atoms with E-state index < -0.39 is 11.6 Å². The van der Waals surface area contributed by atoms with E-state index in [1.54, 1.807) is 6.07 Å². The Bertz CT molecular complexity index is 3370. The molecule has 2 aromatic heterocycles. The second-order valence-corrected chi connectivity index (χ2v) is 20.2. The molecule has 0 amide bonds. The van der Waals surface area contributed by atoms with E-state index in [2.05, 4.69) is 193 Å². The van der Waals surface area contributed by atoms with Crippen LogP contribution in [0.3, 0.4) is 0 Å². The van der Waals surface area contributed by atoms with Gasteiger partial charge < -0.3 is 19.1 Å². The summed E-state index contributed by atoms with van der Waals surface area (Å²) in [5.74, 6) is 1.80. The van der Waals surface area contributed by atoms with Crippen molar-refractivity contribution in [1.29, 1.82) is 0 Å². The molecule has 0 bridgehead atoms. The fourth-order valence-corrected chi connectivity index (χ4v) is 9.79. The maximum Gasteiger partial charge on any atom is 0.135 e. The topological polar surface area (TPSA) is 33.5 Å². The van der Waals surface area contributed by atoms with Gasteiger partial charge in [0.1, 0.15) is 17.5 Å². The number of hydrogen-bond donors (Lipinski definition) is 0. The molecular weight excluding hydrogens is 1060 g/mol. The summed E-state index contributed by atoms with van der Waals surface area (Å²) in [6.07, 6.45) is 1.81. The molecule has 7 aromatic carbocycles. The third-order valence-corrected chi connectivity index (χ3v) is 13.7. The summed E-state index contributed by atoms with van der Waals surface area (Å²) >= 11 is 0. The standard InChI is InChI=1S/C63H59F2N4O.Pt/c1-37(2)42-18-23-59-61(32-42)68(63-55(40(7)8)30-47(31-56(63)41(9)10)52-21-19-48(64)33-57(52)65)36-67(59)49-28-46(45-26-43(38(3)4)25-44(27-45)39(5)6)29-51(34-49)70-50-20-22-54-53-15-11-12-16-58(53)69(60(54)35-50)62-17-13-14-24-66-62;/h11-33,36-41H,1-10H3;/q-3;. The minimum Gasteiger partial charge on any atom is -0.509 e. The van der Waals surface area contributed by atoms with E-state index in [0.29, 0.717) is 28.9 Å². The van der Waals surface area contributed by atoms with Gasteiger partial charge in [0, 0.05) is 73.0 Å². The van der Waals surface area contributed by atoms with Crippen LogP contribution < -0.4 is 14.5 Å². The molecule has 1 aliphatic heterocycles. The zero-order valence-corrected chi connectivity index (χ0v) is 44.3. The van der Waals surface area contributed by atoms with Gasteiger partial charge in [-0.15, -0.1) is 53.6 Å². The van der Waals surface area contributed by atoms with Crippen LogP contribution in [0.4, 0.5) is 31.5 Å². The molecule has 0 aliphatic carbocycles. The predicted molar refractivity (Wildman–Crippen MR) is 285 cm³/mol. The normalized spacial score (nSPS) is 12.6. The molecule has 0 fully saturated rings. The molecule has 364 valence electrons. The first-order chi connectivity index (χ1) is 33.6. The smallest absolute Gasteiger partial charge is 0.135 e. The number of pyridine rings is 1. The molecule has 0 saturated heterocycles. The van der Waals surface area contributed by atoms with Gasteiger partial charge in [0.15, 0.2) is 0 Å². The van der Waals surface area contributed by atoms with E-state index in [9.17, 15) is 4.39 Å². The average molecular weight is 1120 g/mol. The quantitative estimate of drug-likeness (QED) is 0.114. The van der Waals surface area contributed by atoms with Crippen molar-refractivity contribution < 1.29 is 34.6 Å². The van der Waals surface area contributed by atoms with Gasteiger partial charge in [-0.3, -0.25) is 0 Å². The molecule has 0 radical (unpaired) electrons. The summed E-state index contributed by atoms with van der Waals surface area (Å²) in [4.78, 5) is 9.28. The molecule has 0 N–H and O–H groups in total. The van der Waals surface area contributed by atoms with Crippen molar-refractivity contribution in [2.45, 2.75) is 98.8 Å². The number of ether oxygens (including phenoxy) is 1. The Hall–Kier alpha value is -6.56. The van der Waals surface area contributed by atoms with Crippen molar-refractivity contribution in [3.05, 3.63) is 198 Å². The Morgan fingerprint density at radius 1 is 0.535 bits per heavy atom. The summed E-state index contributed by atoms with van der Waals surface area (Å²) in [6, 6.07) is 51.8. The third kappa shape index (κ3) is 9.42. The van der Waals surface area contributed by atoms with Crippen LogP contribution in [0.2, 0.25) is 0 Å². The molecule has 0 spiro atoms. The number of para-hydroxylation sites is 1. The van der Waals surface area contributed by atoms with Crippen molar-refractivity contribution in [2.75, 3.05) is 9.80 Å². The van der Waals surface area contributed by atoms with Gasteiger partial charge in [-0.1, -0.05) is 123 Å². The van der Waals surface area contributed by atoms with E-state index >= 15 is 4.39 Å². The molecule has 5 nitrogen and oxygen atoms in total. The number of fused-ring (bicyclic) bond motifs is 4. The number of halogens is 2. The zero-order valence-electron chi connectivity index (χ0n) is 42.0. The molecule has 0 atom stereocenters. The van der Waals surface area contributed by atoms with Crippen LogP contribution in [0.15, 0.2) is 140 Å². The number of hydrogen-bond acceptors (Lipinski definition) is 4. The van der Waals surface area contributed by atoms with Gasteiger partial charge in [0.2, 0.25) is 0 Å². The molecule has 0 saturated carbocycles. The van der Waals surface area contributed by atoms with Crippen molar-refractivity contribution in [3.63, 3.8) is 0 Å². The van der Waals surface area contributed by atoms with Gasteiger partial charge >= 0.3 is 0 Å². The number of nitrogens with zero attached hydrogens (tertiary/aromatic N) is 4. The van der Waals surface area contributed by atoms with E-state index in [0.717, 1.165) is 84.3 Å². The second kappa shape index (κ2) is 19.9. The first-order valence-corrected chi connectivity index (χ1v) is 24.6. The Kier molecular flexibility index (Phi) is 13.9. The fraction of sp³-hybridized carbons (Fsp3) is 0.238. The molecule has 1 aliphatic rings. The van der Waals surface area contributed by atoms with Crippen molar-refractivity contribution in [2.24, 2.45) is 0 Å². The van der Waals surface area contributed by atoms with Gasteiger partial charge in [-0.05, 0) is 129 Å². The molecule has 10 rings (SSSR count). The SMILES string of the molecule is CC(C)c1cc(-c2cc(Oc3[c-]c4c(cc3)c3ccccc3n4-c3ccccn3)[c-]c(N3[CH-]N(c4c(C(C)C)cc(-c5ccc(F)cc5F)cc4C(C)C)c4cc(C(C)C)ccc43)c2)cc(C(C)C)c1.[Pt]. The maximum absolute atomic E-state index is 15.5. The molecule has 71 heavy (non-hydrogen) atoms. The van der Waals surface area contributed by atoms with Crippen LogP contribution in [0.1, 0.15) is 127 Å². The number of rotatable bonds is 12. The van der Waals surface area contributed by atoms with Gasteiger partial charge in [0.05, 0.1) is 0 Å². The average Bonchev–Trinajstić information content (AvgIpc) is 3.89. The predicted octanol–water partition coefficient (Wildman–Crippen LogP) is 18.2. The summed E-state index contributed by atoms with van der Waals surface area (Å²) in [7, 11) is 0. The monoisotopic (exact) mass is 1120 g/mol. The van der Waals surface area contributed by atoms with Crippen molar-refractivity contribution in [1.82, 2.24) is 9.55 Å². The van der Waals surface area contributed by atoms with Crippen LogP contribution in [-0.2, 0) is 21.1 Å². The summed E-state index contributed by atoms with van der Waals surface area (Å²) in [5.41, 5.74) is 14.9. The van der Waals surface area contributed by atoms with Gasteiger partial charge in [0.25, 0.3) is 0 Å². The second-order valence-electron chi connectivity index (χ2n) is 20.2. The van der Waals surface area contributed by atoms with E-state index in [1.807, 2.05) is 30.5 Å². The molecule has 0 unspecified atom stereocenters. The molecule has 9 aromatic rings. The summed E-state index contributed by atoms with van der Waals surface area (Å²) in [6.45, 7) is 24.3. The van der Waals surface area contributed by atoms with Crippen molar-refractivity contribution >= 4 is 44.6 Å². The fourth-order valence-electron chi connectivity index (χ4n) is 9.79. The zero-order chi connectivity index (χ0) is 49.1. The number of anilines is 4. The number of benzene rings is 7. The minimum atomic E-state index is -0.596. The van der Waals surface area contributed by atoms with Crippen LogP contribution in [0.5, 0.6) is 11.5 Å². The Morgan fingerprint density at radius 3 is 1.86 bits per heavy atom. The minimum absolute atomic E-state index is 0. The van der Waals surface area contributed by atoms with Crippen LogP contribution in [0.25, 0.3) is 49.9 Å². The van der Waals surface area contributed by atoms with E-state index in [4.69, 9.17) is 9.72 Å². The largest absolute Gasteiger partial charge is 0.509 e. The Morgan fingerprint density at radius 2 is 1.21 bits per heavy atom. The van der Waals surface area contributed by atoms with Crippen LogP contribution in [-0.4, -0.2) is 9.55 Å². The maximum atomic E-state index is 15.5. The van der Waals surface area contributed by atoms with Gasteiger partial charge in [-0.2, -0.15) is 6.07 Å². The van der Waals surface area contributed by atoms with Gasteiger partial charge in [-0.25, -0.2) is 13.8 Å². The van der Waals surface area contributed by atoms with E-state index in [1.165, 1.54) is 22.8 Å². The number of aromatic nitrogens is 2. The molecule has 3 heterocycles. The summed E-state index contributed by atoms with van der Waals surface area (Å²) in [5, 5.41) is 2.17. The van der Waals surface area contributed by atoms with Crippen LogP contribution >= 0.6 is 0 Å². The Balaban J connectivity index is 0.00000624. The third-order valence-electron chi connectivity index (χ3n) is 13.7. The Labute approximate surface area is 432 Å². The molecule has 8 heteroatoms. The first-order valence-electron chi connectivity index (χ1n) is 24.6. The van der Waals surface area contributed by atoms with Crippen LogP contribution in [0, 0.1) is 30.4 Å². The summed E-state index contributed by atoms with van der Waals surface area (Å²) < 4.78 is 38.8. The first kappa shape index (κ1) is 49.4. The van der Waals surface area contributed by atoms with E-state index in [-0.39, 0.29) is 38.8 Å².